The summed E-state index contributed by atoms with van der Waals surface area (Å²) < 4.78 is 38.2. The van der Waals surface area contributed by atoms with Crippen LogP contribution in [0.4, 0.5) is 24.7 Å². The maximum absolute atomic E-state index is 13.2. The average molecular weight is 551 g/mol. The third-order valence-electron chi connectivity index (χ3n) is 7.94. The van der Waals surface area contributed by atoms with Gasteiger partial charge in [-0.3, -0.25) is 9.59 Å². The van der Waals surface area contributed by atoms with Crippen molar-refractivity contribution < 1.29 is 22.8 Å². The Morgan fingerprint density at radius 3 is 2.12 bits per heavy atom. The topological polar surface area (TPSA) is 65.5 Å². The predicted octanol–water partition coefficient (Wildman–Crippen LogP) is 5.90. The first kappa shape index (κ1) is 27.7. The molecule has 2 aromatic carbocycles. The van der Waals surface area contributed by atoms with Gasteiger partial charge in [0.05, 0.1) is 12.0 Å². The zero-order valence-corrected chi connectivity index (χ0v) is 22.2. The highest BCUT2D eigenvalue weighted by Gasteiger charge is 2.32. The molecule has 0 unspecified atom stereocenters. The first-order valence-electron chi connectivity index (χ1n) is 13.8. The maximum Gasteiger partial charge on any atom is 0.416 e. The molecule has 2 saturated heterocycles. The molecule has 0 atom stereocenters. The Balaban J connectivity index is 1.06. The maximum atomic E-state index is 13.2. The molecule has 2 aliphatic rings. The molecule has 2 aliphatic heterocycles. The summed E-state index contributed by atoms with van der Waals surface area (Å²) >= 11 is 0. The molecule has 210 valence electrons. The molecule has 6 nitrogen and oxygen atoms in total. The van der Waals surface area contributed by atoms with E-state index in [1.54, 1.807) is 6.20 Å². The van der Waals surface area contributed by atoms with Crippen LogP contribution < -0.4 is 10.2 Å². The number of aromatic nitrogens is 1. The molecular formula is C31H33F3N4O2. The van der Waals surface area contributed by atoms with E-state index in [0.29, 0.717) is 17.2 Å². The van der Waals surface area contributed by atoms with Crippen LogP contribution in [0.25, 0.3) is 0 Å². The zero-order chi connectivity index (χ0) is 28.1. The number of likely N-dealkylation sites (tertiary alicyclic amines) is 1. The minimum atomic E-state index is -4.40. The summed E-state index contributed by atoms with van der Waals surface area (Å²) in [6.45, 7) is 3.18. The molecule has 0 radical (unpaired) electrons. The predicted molar refractivity (Wildman–Crippen MR) is 148 cm³/mol. The number of carbonyl (C=O) groups is 2. The number of hydrogen-bond donors (Lipinski definition) is 1. The number of pyridine rings is 1. The smallest absolute Gasteiger partial charge is 0.357 e. The van der Waals surface area contributed by atoms with Crippen molar-refractivity contribution in [2.75, 3.05) is 36.4 Å². The number of benzene rings is 2. The normalized spacial score (nSPS) is 17.1. The van der Waals surface area contributed by atoms with Crippen molar-refractivity contribution in [1.82, 2.24) is 9.88 Å². The molecule has 1 aromatic heterocycles. The van der Waals surface area contributed by atoms with Gasteiger partial charge >= 0.3 is 6.18 Å². The second kappa shape index (κ2) is 12.1. The summed E-state index contributed by atoms with van der Waals surface area (Å²) in [4.78, 5) is 34.3. The quantitative estimate of drug-likeness (QED) is 0.415. The SMILES string of the molecule is O=C(Cc1ccc(C(F)(F)F)cc1)Nc1ccc(C2CCN(C(=O)C3CCN(c4ccccn4)CC3)CC2)cc1. The molecular weight excluding hydrogens is 517 g/mol. The molecule has 9 heteroatoms. The van der Waals surface area contributed by atoms with Gasteiger partial charge in [0.2, 0.25) is 11.8 Å². The third-order valence-corrected chi connectivity index (χ3v) is 7.94. The summed E-state index contributed by atoms with van der Waals surface area (Å²) in [6.07, 6.45) is 0.897. The van der Waals surface area contributed by atoms with E-state index in [1.807, 2.05) is 47.4 Å². The number of nitrogens with zero attached hydrogens (tertiary/aromatic N) is 3. The number of halogens is 3. The van der Waals surface area contributed by atoms with Crippen LogP contribution in [0.15, 0.2) is 72.9 Å². The summed E-state index contributed by atoms with van der Waals surface area (Å²) in [5.74, 6) is 1.38. The number of nitrogens with one attached hydrogen (secondary N) is 1. The minimum Gasteiger partial charge on any atom is -0.357 e. The lowest BCUT2D eigenvalue weighted by atomic mass is 9.88. The van der Waals surface area contributed by atoms with Crippen LogP contribution in [0.5, 0.6) is 0 Å². The van der Waals surface area contributed by atoms with Gasteiger partial charge in [-0.25, -0.2) is 4.98 Å². The summed E-state index contributed by atoms with van der Waals surface area (Å²) in [5, 5.41) is 2.82. The van der Waals surface area contributed by atoms with Gasteiger partial charge in [-0.2, -0.15) is 13.2 Å². The fourth-order valence-corrected chi connectivity index (χ4v) is 5.63. The molecule has 0 aliphatic carbocycles. The monoisotopic (exact) mass is 550 g/mol. The molecule has 3 heterocycles. The molecule has 0 bridgehead atoms. The molecule has 1 N–H and O–H groups in total. The highest BCUT2D eigenvalue weighted by Crippen LogP contribution is 2.32. The van der Waals surface area contributed by atoms with E-state index in [9.17, 15) is 22.8 Å². The summed E-state index contributed by atoms with van der Waals surface area (Å²) in [7, 11) is 0. The molecule has 3 aromatic rings. The first-order chi connectivity index (χ1) is 19.3. The lowest BCUT2D eigenvalue weighted by Gasteiger charge is -2.37. The van der Waals surface area contributed by atoms with E-state index >= 15 is 0 Å². The molecule has 0 spiro atoms. The van der Waals surface area contributed by atoms with Gasteiger partial charge in [0.15, 0.2) is 0 Å². The Bertz CT molecular complexity index is 1280. The molecule has 40 heavy (non-hydrogen) atoms. The van der Waals surface area contributed by atoms with E-state index in [1.165, 1.54) is 17.7 Å². The molecule has 0 saturated carbocycles. The van der Waals surface area contributed by atoms with Gasteiger partial charge in [-0.05, 0) is 79.1 Å². The zero-order valence-electron chi connectivity index (χ0n) is 22.2. The fourth-order valence-electron chi connectivity index (χ4n) is 5.63. The van der Waals surface area contributed by atoms with Crippen LogP contribution in [-0.2, 0) is 22.2 Å². The van der Waals surface area contributed by atoms with Gasteiger partial charge in [-0.15, -0.1) is 0 Å². The highest BCUT2D eigenvalue weighted by molar-refractivity contribution is 5.92. The first-order valence-corrected chi connectivity index (χ1v) is 13.8. The van der Waals surface area contributed by atoms with Crippen molar-refractivity contribution in [3.05, 3.63) is 89.6 Å². The highest BCUT2D eigenvalue weighted by atomic mass is 19.4. The lowest BCUT2D eigenvalue weighted by molar-refractivity contribution is -0.138. The second-order valence-corrected chi connectivity index (χ2v) is 10.6. The van der Waals surface area contributed by atoms with Crippen LogP contribution in [-0.4, -0.2) is 47.9 Å². The van der Waals surface area contributed by atoms with E-state index < -0.39 is 11.7 Å². The number of hydrogen-bond acceptors (Lipinski definition) is 4. The molecule has 2 fully saturated rings. The largest absolute Gasteiger partial charge is 0.416 e. The Morgan fingerprint density at radius 1 is 0.850 bits per heavy atom. The number of carbonyl (C=O) groups excluding carboxylic acids is 2. The van der Waals surface area contributed by atoms with Crippen molar-refractivity contribution in [1.29, 1.82) is 0 Å². The number of amides is 2. The Hall–Kier alpha value is -3.88. The lowest BCUT2D eigenvalue weighted by Crippen LogP contribution is -2.45. The van der Waals surface area contributed by atoms with Gasteiger partial charge in [-0.1, -0.05) is 30.3 Å². The van der Waals surface area contributed by atoms with Crippen molar-refractivity contribution in [2.24, 2.45) is 5.92 Å². The Labute approximate surface area is 232 Å². The number of piperidine rings is 2. The van der Waals surface area contributed by atoms with E-state index in [4.69, 9.17) is 0 Å². The van der Waals surface area contributed by atoms with E-state index in [-0.39, 0.29) is 24.2 Å². The third kappa shape index (κ3) is 6.81. The van der Waals surface area contributed by atoms with Crippen molar-refractivity contribution in [2.45, 2.75) is 44.2 Å². The molecule has 5 rings (SSSR count). The van der Waals surface area contributed by atoms with Crippen LogP contribution in [0.1, 0.15) is 48.3 Å². The van der Waals surface area contributed by atoms with Crippen molar-refractivity contribution in [3.8, 4) is 0 Å². The number of rotatable bonds is 6. The van der Waals surface area contributed by atoms with Crippen LogP contribution in [0, 0.1) is 5.92 Å². The van der Waals surface area contributed by atoms with Crippen LogP contribution in [0.3, 0.4) is 0 Å². The number of alkyl halides is 3. The summed E-state index contributed by atoms with van der Waals surface area (Å²) in [5.41, 5.74) is 1.60. The van der Waals surface area contributed by atoms with E-state index in [2.05, 4.69) is 15.2 Å². The van der Waals surface area contributed by atoms with Gasteiger partial charge < -0.3 is 15.1 Å². The fraction of sp³-hybridized carbons (Fsp3) is 0.387. The van der Waals surface area contributed by atoms with E-state index in [0.717, 1.165) is 69.8 Å². The van der Waals surface area contributed by atoms with Crippen LogP contribution >= 0.6 is 0 Å². The number of anilines is 2. The Morgan fingerprint density at radius 2 is 1.52 bits per heavy atom. The minimum absolute atomic E-state index is 0.00541. The molecule has 2 amide bonds. The van der Waals surface area contributed by atoms with Crippen molar-refractivity contribution >= 4 is 23.3 Å². The van der Waals surface area contributed by atoms with Gasteiger partial charge in [0.25, 0.3) is 0 Å². The standard InChI is InChI=1S/C31H33F3N4O2/c32-31(33,34)26-8-4-22(5-9-26)21-29(39)36-27-10-6-23(7-11-27)24-12-19-38(20-13-24)30(40)25-14-17-37(18-15-25)28-3-1-2-16-35-28/h1-11,16,24-25H,12-15,17-21H2,(H,36,39). The van der Waals surface area contributed by atoms with Crippen LogP contribution in [0.2, 0.25) is 0 Å². The van der Waals surface area contributed by atoms with Gasteiger partial charge in [0, 0.05) is 44.0 Å². The van der Waals surface area contributed by atoms with Gasteiger partial charge in [0.1, 0.15) is 5.82 Å². The van der Waals surface area contributed by atoms with Crippen molar-refractivity contribution in [3.63, 3.8) is 0 Å². The Kier molecular flexibility index (Phi) is 8.38. The average Bonchev–Trinajstić information content (AvgIpc) is 2.98. The second-order valence-electron chi connectivity index (χ2n) is 10.6. The summed E-state index contributed by atoms with van der Waals surface area (Å²) in [6, 6.07) is 18.3.